The van der Waals surface area contributed by atoms with E-state index in [9.17, 15) is 15.3 Å². The van der Waals surface area contributed by atoms with Gasteiger partial charge in [-0.05, 0) is 78.6 Å². The molecule has 0 bridgehead atoms. The van der Waals surface area contributed by atoms with Gasteiger partial charge in [0.2, 0.25) is 0 Å². The number of phenolic OH excluding ortho intramolecular Hbond substituents is 3. The van der Waals surface area contributed by atoms with Crippen LogP contribution in [0, 0.1) is 0 Å². The minimum atomic E-state index is -0.513. The Morgan fingerprint density at radius 3 is 1.56 bits per heavy atom. The van der Waals surface area contributed by atoms with Crippen molar-refractivity contribution in [2.24, 2.45) is 0 Å². The van der Waals surface area contributed by atoms with Crippen LogP contribution in [0.3, 0.4) is 0 Å². The van der Waals surface area contributed by atoms with Crippen LogP contribution in [0.1, 0.15) is 0 Å². The van der Waals surface area contributed by atoms with Gasteiger partial charge in [-0.25, -0.2) is 0 Å². The summed E-state index contributed by atoms with van der Waals surface area (Å²) in [7, 11) is 3.62. The van der Waals surface area contributed by atoms with Gasteiger partial charge in [0.05, 0.1) is 0 Å². The fourth-order valence-corrected chi connectivity index (χ4v) is 7.65. The molecule has 0 fully saturated rings. The minimum absolute atomic E-state index is 0.306. The number of benzene rings is 8. The molecule has 4 nitrogen and oxygen atoms in total. The van der Waals surface area contributed by atoms with Crippen LogP contribution in [0.4, 0.5) is 0 Å². The summed E-state index contributed by atoms with van der Waals surface area (Å²) in [5, 5.41) is 38.6. The maximum Gasteiger partial charge on any atom is 0.200 e. The van der Waals surface area contributed by atoms with Gasteiger partial charge in [0, 0.05) is 21.9 Å². The molecular formula is C44H30B2O4. The van der Waals surface area contributed by atoms with Gasteiger partial charge in [-0.2, -0.15) is 0 Å². The molecule has 1 aromatic heterocycles. The molecular weight excluding hydrogens is 614 g/mol. The second-order valence-corrected chi connectivity index (χ2v) is 12.9. The molecule has 50 heavy (non-hydrogen) atoms. The van der Waals surface area contributed by atoms with E-state index in [1.165, 1.54) is 11.1 Å². The van der Waals surface area contributed by atoms with Crippen LogP contribution in [0.2, 0.25) is 0 Å². The molecule has 6 heteroatoms. The smallest absolute Gasteiger partial charge is 0.200 e. The first-order valence-electron chi connectivity index (χ1n) is 16.7. The second-order valence-electron chi connectivity index (χ2n) is 12.9. The minimum Gasteiger partial charge on any atom is -0.505 e. The van der Waals surface area contributed by atoms with Crippen molar-refractivity contribution >= 4 is 70.1 Å². The first-order chi connectivity index (χ1) is 24.4. The van der Waals surface area contributed by atoms with Gasteiger partial charge in [0.25, 0.3) is 0 Å². The van der Waals surface area contributed by atoms with Crippen LogP contribution in [-0.4, -0.2) is 31.0 Å². The van der Waals surface area contributed by atoms with E-state index in [0.29, 0.717) is 16.5 Å². The molecule has 8 aromatic carbocycles. The van der Waals surface area contributed by atoms with E-state index in [0.717, 1.165) is 71.3 Å². The molecule has 0 unspecified atom stereocenters. The Bertz CT molecular complexity index is 2720. The van der Waals surface area contributed by atoms with E-state index in [2.05, 4.69) is 97.1 Å². The molecule has 9 rings (SSSR count). The average Bonchev–Trinajstić information content (AvgIpc) is 3.55. The van der Waals surface area contributed by atoms with Gasteiger partial charge in [0.1, 0.15) is 26.9 Å². The number of phenols is 3. The van der Waals surface area contributed by atoms with E-state index < -0.39 is 5.75 Å². The summed E-state index contributed by atoms with van der Waals surface area (Å²) in [5.74, 6) is -1.15. The molecule has 0 amide bonds. The maximum absolute atomic E-state index is 11.3. The molecule has 0 saturated heterocycles. The van der Waals surface area contributed by atoms with E-state index in [-0.39, 0.29) is 11.5 Å². The number of hydrogen-bond acceptors (Lipinski definition) is 4. The molecule has 3 N–H and O–H groups in total. The number of hydrogen-bond donors (Lipinski definition) is 3. The van der Waals surface area contributed by atoms with Crippen molar-refractivity contribution < 1.29 is 19.7 Å². The molecule has 0 spiro atoms. The molecule has 0 aliphatic heterocycles. The molecule has 0 radical (unpaired) electrons. The summed E-state index contributed by atoms with van der Waals surface area (Å²) >= 11 is 0. The van der Waals surface area contributed by atoms with Crippen LogP contribution < -0.4 is 10.9 Å². The van der Waals surface area contributed by atoms with Gasteiger partial charge in [-0.1, -0.05) is 127 Å². The Labute approximate surface area is 290 Å². The van der Waals surface area contributed by atoms with Crippen LogP contribution in [-0.2, 0) is 0 Å². The Kier molecular flexibility index (Phi) is 6.75. The van der Waals surface area contributed by atoms with Crippen molar-refractivity contribution in [3.8, 4) is 61.8 Å². The summed E-state index contributed by atoms with van der Waals surface area (Å²) in [6, 6.07) is 48.1. The summed E-state index contributed by atoms with van der Waals surface area (Å²) in [6.45, 7) is 0. The van der Waals surface area contributed by atoms with Crippen molar-refractivity contribution in [1.29, 1.82) is 0 Å². The predicted molar refractivity (Wildman–Crippen MR) is 212 cm³/mol. The van der Waals surface area contributed by atoms with Gasteiger partial charge in [-0.3, -0.25) is 0 Å². The van der Waals surface area contributed by atoms with Crippen LogP contribution in [0.25, 0.3) is 88.0 Å². The highest BCUT2D eigenvalue weighted by Crippen LogP contribution is 2.49. The largest absolute Gasteiger partial charge is 0.505 e. The fourth-order valence-electron chi connectivity index (χ4n) is 7.65. The van der Waals surface area contributed by atoms with Crippen molar-refractivity contribution in [2.45, 2.75) is 0 Å². The Morgan fingerprint density at radius 2 is 0.920 bits per heavy atom. The zero-order valence-corrected chi connectivity index (χ0v) is 27.5. The third-order valence-electron chi connectivity index (χ3n) is 10.2. The van der Waals surface area contributed by atoms with E-state index in [4.69, 9.17) is 4.42 Å². The average molecular weight is 644 g/mol. The normalized spacial score (nSPS) is 11.6. The molecule has 1 heterocycles. The van der Waals surface area contributed by atoms with Crippen molar-refractivity contribution in [1.82, 2.24) is 0 Å². The van der Waals surface area contributed by atoms with Gasteiger partial charge < -0.3 is 19.7 Å². The number of rotatable bonds is 4. The zero-order valence-electron chi connectivity index (χ0n) is 27.5. The fraction of sp³-hybridized carbons (Fsp3) is 0. The highest BCUT2D eigenvalue weighted by atomic mass is 16.3. The number of aromatic hydroxyl groups is 3. The molecule has 0 aliphatic carbocycles. The van der Waals surface area contributed by atoms with E-state index in [1.807, 2.05) is 50.3 Å². The summed E-state index contributed by atoms with van der Waals surface area (Å²) in [5.41, 5.74) is 10.9. The third-order valence-corrected chi connectivity index (χ3v) is 10.2. The Balaban J connectivity index is 1.31. The van der Waals surface area contributed by atoms with Gasteiger partial charge in [-0.15, -0.1) is 0 Å². The van der Waals surface area contributed by atoms with Crippen LogP contribution in [0.15, 0.2) is 144 Å². The zero-order chi connectivity index (χ0) is 34.1. The number of furan rings is 1. The van der Waals surface area contributed by atoms with Crippen molar-refractivity contribution in [3.63, 3.8) is 0 Å². The number of fused-ring (bicyclic) bond motifs is 5. The third kappa shape index (κ3) is 4.42. The van der Waals surface area contributed by atoms with Crippen LogP contribution in [0.5, 0.6) is 17.2 Å². The topological polar surface area (TPSA) is 73.8 Å². The Morgan fingerprint density at radius 1 is 0.380 bits per heavy atom. The molecule has 236 valence electrons. The van der Waals surface area contributed by atoms with E-state index >= 15 is 0 Å². The van der Waals surface area contributed by atoms with Crippen molar-refractivity contribution in [3.05, 3.63) is 140 Å². The summed E-state index contributed by atoms with van der Waals surface area (Å²) in [4.78, 5) is 0. The lowest BCUT2D eigenvalue weighted by molar-refractivity contribution is 0.371. The van der Waals surface area contributed by atoms with Crippen molar-refractivity contribution in [2.75, 3.05) is 0 Å². The van der Waals surface area contributed by atoms with Gasteiger partial charge >= 0.3 is 0 Å². The summed E-state index contributed by atoms with van der Waals surface area (Å²) in [6.07, 6.45) is 0. The Hall–Kier alpha value is -6.39. The maximum atomic E-state index is 11.3. The first-order valence-corrected chi connectivity index (χ1v) is 16.7. The second kappa shape index (κ2) is 11.4. The highest BCUT2D eigenvalue weighted by molar-refractivity contribution is 6.53. The quantitative estimate of drug-likeness (QED) is 0.103. The molecule has 9 aromatic rings. The first kappa shape index (κ1) is 29.7. The lowest BCUT2D eigenvalue weighted by Gasteiger charge is -2.21. The van der Waals surface area contributed by atoms with Crippen LogP contribution >= 0.6 is 0 Å². The lowest BCUT2D eigenvalue weighted by Crippen LogP contribution is -2.28. The standard InChI is InChI=1S/C44H30B2O4/c45-40-39(42(47)44(49)43(48)41(40)46)38-30-13-6-4-11-28(30)36(29-12-5-7-14-31(29)38)32-15-8-16-35-37(32)33-23-27(21-22-34(33)50-35)26-19-17-25(18-20-26)24-9-2-1-3-10-24/h1-23,47-49H,45-46H2. The lowest BCUT2D eigenvalue weighted by atomic mass is 9.73. The molecule has 0 saturated carbocycles. The van der Waals surface area contributed by atoms with E-state index in [1.54, 1.807) is 7.85 Å². The monoisotopic (exact) mass is 644 g/mol. The SMILES string of the molecule is Bc1c(B)c(-c2c3ccccc3c(-c3cccc4oc5ccc(-c6ccc(-c7ccccc7)cc6)cc5c34)c3ccccc23)c(O)c(O)c1O. The highest BCUT2D eigenvalue weighted by Gasteiger charge is 2.25. The molecule has 0 aliphatic rings. The molecule has 0 atom stereocenters. The predicted octanol–water partition coefficient (Wildman–Crippen LogP) is 8.19. The van der Waals surface area contributed by atoms with Gasteiger partial charge in [0.15, 0.2) is 17.2 Å². The summed E-state index contributed by atoms with van der Waals surface area (Å²) < 4.78 is 6.48.